The third-order valence-corrected chi connectivity index (χ3v) is 5.51. The largest absolute Gasteiger partial charge is 0.363 e. The minimum absolute atomic E-state index is 0.856. The Morgan fingerprint density at radius 1 is 1.08 bits per heavy atom. The number of nitrogens with zero attached hydrogens (tertiary/aromatic N) is 7. The van der Waals surface area contributed by atoms with Crippen LogP contribution in [0.15, 0.2) is 6.07 Å². The van der Waals surface area contributed by atoms with Crippen molar-refractivity contribution in [3.63, 3.8) is 0 Å². The van der Waals surface area contributed by atoms with Gasteiger partial charge in [-0.2, -0.15) is 10.1 Å². The molecule has 0 N–H and O–H groups in total. The molecule has 2 aromatic heterocycles. The number of rotatable bonds is 4. The van der Waals surface area contributed by atoms with E-state index in [1.807, 2.05) is 32.0 Å². The quantitative estimate of drug-likeness (QED) is 0.826. The summed E-state index contributed by atoms with van der Waals surface area (Å²) >= 11 is 0. The highest BCUT2D eigenvalue weighted by atomic mass is 15.3. The van der Waals surface area contributed by atoms with Gasteiger partial charge in [-0.05, 0) is 31.7 Å². The lowest BCUT2D eigenvalue weighted by molar-refractivity contribution is 0.242. The van der Waals surface area contributed by atoms with Gasteiger partial charge in [0.05, 0.1) is 11.4 Å². The zero-order valence-corrected chi connectivity index (χ0v) is 16.4. The molecule has 0 radical (unpaired) electrons. The molecule has 4 rings (SSSR count). The van der Waals surface area contributed by atoms with Crippen molar-refractivity contribution in [1.29, 1.82) is 0 Å². The molecule has 1 saturated heterocycles. The Bertz CT molecular complexity index is 787. The molecule has 7 nitrogen and oxygen atoms in total. The highest BCUT2D eigenvalue weighted by Gasteiger charge is 2.25. The molecule has 1 aliphatic carbocycles. The number of anilines is 2. The van der Waals surface area contributed by atoms with Crippen molar-refractivity contribution < 1.29 is 0 Å². The van der Waals surface area contributed by atoms with Gasteiger partial charge in [-0.15, -0.1) is 0 Å². The summed E-state index contributed by atoms with van der Waals surface area (Å²) in [5.74, 6) is 1.83. The molecule has 0 saturated carbocycles. The van der Waals surface area contributed by atoms with Gasteiger partial charge in [0.1, 0.15) is 5.82 Å². The van der Waals surface area contributed by atoms with Crippen LogP contribution in [0, 0.1) is 6.92 Å². The fraction of sp³-hybridized carbons (Fsp3) is 0.632. The topological polar surface area (TPSA) is 53.3 Å². The van der Waals surface area contributed by atoms with Gasteiger partial charge >= 0.3 is 0 Å². The minimum atomic E-state index is 0.856. The van der Waals surface area contributed by atoms with E-state index >= 15 is 0 Å². The Morgan fingerprint density at radius 2 is 1.85 bits per heavy atom. The highest BCUT2D eigenvalue weighted by Crippen LogP contribution is 2.26. The predicted octanol–water partition coefficient (Wildman–Crippen LogP) is 1.40. The number of piperazine rings is 1. The second-order valence-electron chi connectivity index (χ2n) is 7.67. The average Bonchev–Trinajstić information content (AvgIpc) is 3.17. The van der Waals surface area contributed by atoms with E-state index in [2.05, 4.69) is 26.5 Å². The summed E-state index contributed by atoms with van der Waals surface area (Å²) in [6, 6.07) is 2.03. The van der Waals surface area contributed by atoms with Crippen LogP contribution in [-0.2, 0) is 26.4 Å². The molecular weight excluding hydrogens is 326 g/mol. The number of fused-ring (bicyclic) bond motifs is 1. The van der Waals surface area contributed by atoms with Crippen LogP contribution in [0.25, 0.3) is 0 Å². The first-order chi connectivity index (χ1) is 12.5. The van der Waals surface area contributed by atoms with Gasteiger partial charge in [0, 0.05) is 65.6 Å². The van der Waals surface area contributed by atoms with Gasteiger partial charge in [-0.1, -0.05) is 0 Å². The van der Waals surface area contributed by atoms with E-state index < -0.39 is 0 Å². The van der Waals surface area contributed by atoms with E-state index in [1.165, 1.54) is 29.8 Å². The van der Waals surface area contributed by atoms with Gasteiger partial charge in [-0.3, -0.25) is 9.58 Å². The molecule has 0 spiro atoms. The molecule has 7 heteroatoms. The Labute approximate surface area is 155 Å². The zero-order valence-electron chi connectivity index (χ0n) is 16.4. The van der Waals surface area contributed by atoms with E-state index in [9.17, 15) is 0 Å². The van der Waals surface area contributed by atoms with Gasteiger partial charge in [0.2, 0.25) is 5.95 Å². The number of aryl methyl sites for hydroxylation is 3. The van der Waals surface area contributed by atoms with Crippen LogP contribution < -0.4 is 9.80 Å². The molecule has 0 amide bonds. The molecule has 3 heterocycles. The van der Waals surface area contributed by atoms with E-state index in [0.29, 0.717) is 0 Å². The monoisotopic (exact) mass is 355 g/mol. The molecule has 26 heavy (non-hydrogen) atoms. The molecule has 1 fully saturated rings. The van der Waals surface area contributed by atoms with Crippen molar-refractivity contribution in [2.45, 2.75) is 32.7 Å². The maximum Gasteiger partial charge on any atom is 0.227 e. The Morgan fingerprint density at radius 3 is 2.58 bits per heavy atom. The van der Waals surface area contributed by atoms with Crippen LogP contribution in [0.3, 0.4) is 0 Å². The SMILES string of the molecule is Cc1cc(N(C)C)nc(N2CCN(Cc3c4c(nn3C)CCC4)CC2)n1. The molecule has 0 aromatic carbocycles. The minimum Gasteiger partial charge on any atom is -0.363 e. The van der Waals surface area contributed by atoms with Gasteiger partial charge in [-0.25, -0.2) is 4.98 Å². The van der Waals surface area contributed by atoms with E-state index in [1.54, 1.807) is 0 Å². The standard InChI is InChI=1S/C19H29N7/c1-14-12-18(23(2)3)21-19(20-14)26-10-8-25(9-11-26)13-17-15-6-5-7-16(15)22-24(17)4/h12H,5-11,13H2,1-4H3. The summed E-state index contributed by atoms with van der Waals surface area (Å²) in [6.07, 6.45) is 3.61. The first-order valence-corrected chi connectivity index (χ1v) is 9.55. The molecule has 1 aliphatic heterocycles. The van der Waals surface area contributed by atoms with Crippen LogP contribution in [0.4, 0.5) is 11.8 Å². The van der Waals surface area contributed by atoms with Crippen molar-refractivity contribution in [3.05, 3.63) is 28.7 Å². The van der Waals surface area contributed by atoms with Crippen molar-refractivity contribution in [2.24, 2.45) is 7.05 Å². The van der Waals surface area contributed by atoms with Crippen molar-refractivity contribution in [3.8, 4) is 0 Å². The van der Waals surface area contributed by atoms with E-state index in [0.717, 1.165) is 56.6 Å². The molecule has 0 atom stereocenters. The normalized spacial score (nSPS) is 17.6. The van der Waals surface area contributed by atoms with Crippen LogP contribution in [0.1, 0.15) is 29.1 Å². The predicted molar refractivity (Wildman–Crippen MR) is 104 cm³/mol. The third kappa shape index (κ3) is 3.28. The van der Waals surface area contributed by atoms with Crippen molar-refractivity contribution >= 4 is 11.8 Å². The summed E-state index contributed by atoms with van der Waals surface area (Å²) in [5.41, 5.74) is 5.26. The second-order valence-corrected chi connectivity index (χ2v) is 7.67. The second kappa shape index (κ2) is 6.87. The molecule has 0 unspecified atom stereocenters. The first kappa shape index (κ1) is 17.3. The summed E-state index contributed by atoms with van der Waals surface area (Å²) in [5, 5.41) is 4.71. The Hall–Kier alpha value is -2.15. The highest BCUT2D eigenvalue weighted by molar-refractivity contribution is 5.45. The Balaban J connectivity index is 1.42. The lowest BCUT2D eigenvalue weighted by atomic mass is 10.2. The van der Waals surface area contributed by atoms with Gasteiger partial charge < -0.3 is 9.80 Å². The lowest BCUT2D eigenvalue weighted by Crippen LogP contribution is -2.47. The van der Waals surface area contributed by atoms with Crippen LogP contribution in [-0.4, -0.2) is 64.9 Å². The summed E-state index contributed by atoms with van der Waals surface area (Å²) in [6.45, 7) is 7.05. The lowest BCUT2D eigenvalue weighted by Gasteiger charge is -2.35. The first-order valence-electron chi connectivity index (χ1n) is 9.55. The average molecular weight is 355 g/mol. The van der Waals surface area contributed by atoms with Crippen molar-refractivity contribution in [1.82, 2.24) is 24.6 Å². The van der Waals surface area contributed by atoms with Gasteiger partial charge in [0.15, 0.2) is 0 Å². The third-order valence-electron chi connectivity index (χ3n) is 5.51. The molecule has 140 valence electrons. The van der Waals surface area contributed by atoms with Gasteiger partial charge in [0.25, 0.3) is 0 Å². The molecule has 2 aromatic rings. The number of aromatic nitrogens is 4. The van der Waals surface area contributed by atoms with Crippen LogP contribution in [0.2, 0.25) is 0 Å². The van der Waals surface area contributed by atoms with Crippen LogP contribution >= 0.6 is 0 Å². The van der Waals surface area contributed by atoms with Crippen LogP contribution in [0.5, 0.6) is 0 Å². The number of hydrogen-bond donors (Lipinski definition) is 0. The van der Waals surface area contributed by atoms with E-state index in [4.69, 9.17) is 10.1 Å². The number of hydrogen-bond acceptors (Lipinski definition) is 6. The summed E-state index contributed by atoms with van der Waals surface area (Å²) in [4.78, 5) is 16.3. The fourth-order valence-corrected chi connectivity index (χ4v) is 4.01. The van der Waals surface area contributed by atoms with Crippen molar-refractivity contribution in [2.75, 3.05) is 50.1 Å². The zero-order chi connectivity index (χ0) is 18.3. The fourth-order valence-electron chi connectivity index (χ4n) is 4.01. The smallest absolute Gasteiger partial charge is 0.227 e. The molecular formula is C19H29N7. The molecule has 0 bridgehead atoms. The van der Waals surface area contributed by atoms with E-state index in [-0.39, 0.29) is 0 Å². The molecule has 2 aliphatic rings. The maximum atomic E-state index is 4.73. The Kier molecular flexibility index (Phi) is 4.56. The summed E-state index contributed by atoms with van der Waals surface area (Å²) in [7, 11) is 6.14. The maximum absolute atomic E-state index is 4.73. The summed E-state index contributed by atoms with van der Waals surface area (Å²) < 4.78 is 2.10.